The Morgan fingerprint density at radius 3 is 2.68 bits per heavy atom. The predicted molar refractivity (Wildman–Crippen MR) is 82.5 cm³/mol. The minimum Gasteiger partial charge on any atom is -0.497 e. The van der Waals surface area contributed by atoms with E-state index in [-0.39, 0.29) is 11.7 Å². The molecule has 0 aromatic heterocycles. The van der Waals surface area contributed by atoms with Gasteiger partial charge in [0, 0.05) is 13.1 Å². The van der Waals surface area contributed by atoms with Gasteiger partial charge in [0.2, 0.25) is 5.91 Å². The van der Waals surface area contributed by atoms with E-state index in [4.69, 9.17) is 9.47 Å². The molecule has 1 atom stereocenters. The Balaban J connectivity index is 2.09. The molecule has 0 N–H and O–H groups in total. The van der Waals surface area contributed by atoms with Crippen molar-refractivity contribution in [1.29, 1.82) is 0 Å². The van der Waals surface area contributed by atoms with Gasteiger partial charge in [-0.15, -0.1) is 0 Å². The molecule has 1 aliphatic rings. The van der Waals surface area contributed by atoms with Gasteiger partial charge in [-0.3, -0.25) is 4.79 Å². The average Bonchev–Trinajstić information content (AvgIpc) is 2.54. The molecular weight excluding hydrogens is 306 g/mol. The van der Waals surface area contributed by atoms with Crippen molar-refractivity contribution in [2.45, 2.75) is 17.9 Å². The number of ether oxygens (including phenoxy) is 2. The van der Waals surface area contributed by atoms with Crippen LogP contribution in [0, 0.1) is 0 Å². The molecule has 0 spiro atoms. The van der Waals surface area contributed by atoms with E-state index in [2.05, 4.69) is 0 Å². The largest absolute Gasteiger partial charge is 0.497 e. The molecule has 6 nitrogen and oxygen atoms in total. The summed E-state index contributed by atoms with van der Waals surface area (Å²) in [6, 6.07) is 6.87. The van der Waals surface area contributed by atoms with E-state index in [0.29, 0.717) is 37.6 Å². The second kappa shape index (κ2) is 7.11. The second-order valence-corrected chi connectivity index (χ2v) is 7.56. The van der Waals surface area contributed by atoms with Gasteiger partial charge in [-0.05, 0) is 24.6 Å². The van der Waals surface area contributed by atoms with Gasteiger partial charge in [0.15, 0.2) is 9.84 Å². The third-order valence-electron chi connectivity index (χ3n) is 3.71. The van der Waals surface area contributed by atoms with Gasteiger partial charge < -0.3 is 14.4 Å². The molecule has 1 saturated heterocycles. The summed E-state index contributed by atoms with van der Waals surface area (Å²) < 4.78 is 35.2. The van der Waals surface area contributed by atoms with Crippen LogP contribution in [0.4, 0.5) is 0 Å². The van der Waals surface area contributed by atoms with Crippen LogP contribution >= 0.6 is 0 Å². The van der Waals surface area contributed by atoms with Gasteiger partial charge in [-0.2, -0.15) is 0 Å². The van der Waals surface area contributed by atoms with Gasteiger partial charge in [0.25, 0.3) is 0 Å². The van der Waals surface area contributed by atoms with Crippen LogP contribution in [-0.4, -0.2) is 57.9 Å². The van der Waals surface area contributed by atoms with E-state index < -0.39 is 15.1 Å². The summed E-state index contributed by atoms with van der Waals surface area (Å²) in [6.07, 6.45) is 0. The SMILES string of the molecule is COc1cccc(CS(=O)(=O)[C@@H](C)C(=O)N2CCOCC2)c1. The normalized spacial score (nSPS) is 17.1. The molecule has 1 aromatic carbocycles. The molecule has 0 aliphatic carbocycles. The van der Waals surface area contributed by atoms with Crippen LogP contribution in [0.5, 0.6) is 5.75 Å². The van der Waals surface area contributed by atoms with E-state index in [1.54, 1.807) is 29.2 Å². The molecular formula is C15H21NO5S. The molecule has 0 bridgehead atoms. The van der Waals surface area contributed by atoms with Gasteiger partial charge in [-0.1, -0.05) is 12.1 Å². The zero-order valence-electron chi connectivity index (χ0n) is 12.8. The topological polar surface area (TPSA) is 72.9 Å². The molecule has 2 rings (SSSR count). The Morgan fingerprint density at radius 2 is 2.05 bits per heavy atom. The number of nitrogens with zero attached hydrogens (tertiary/aromatic N) is 1. The molecule has 1 heterocycles. The van der Waals surface area contributed by atoms with E-state index in [9.17, 15) is 13.2 Å². The Labute approximate surface area is 130 Å². The van der Waals surface area contributed by atoms with Crippen LogP contribution in [0.3, 0.4) is 0 Å². The minimum absolute atomic E-state index is 0.179. The zero-order valence-corrected chi connectivity index (χ0v) is 13.6. The van der Waals surface area contributed by atoms with Crippen molar-refractivity contribution in [1.82, 2.24) is 4.90 Å². The molecule has 1 fully saturated rings. The number of sulfone groups is 1. The number of morpholine rings is 1. The number of amides is 1. The fraction of sp³-hybridized carbons (Fsp3) is 0.533. The number of rotatable bonds is 5. The summed E-state index contributed by atoms with van der Waals surface area (Å²) in [6.45, 7) is 3.24. The van der Waals surface area contributed by atoms with Crippen molar-refractivity contribution in [2.75, 3.05) is 33.4 Å². The maximum Gasteiger partial charge on any atom is 0.240 e. The van der Waals surface area contributed by atoms with Crippen LogP contribution in [0.1, 0.15) is 12.5 Å². The summed E-state index contributed by atoms with van der Waals surface area (Å²) in [4.78, 5) is 13.9. The molecule has 1 aliphatic heterocycles. The number of carbonyl (C=O) groups excluding carboxylic acids is 1. The molecule has 0 unspecified atom stereocenters. The quantitative estimate of drug-likeness (QED) is 0.802. The van der Waals surface area contributed by atoms with Crippen molar-refractivity contribution in [3.8, 4) is 5.75 Å². The van der Waals surface area contributed by atoms with Gasteiger partial charge in [0.05, 0.1) is 26.1 Å². The average molecular weight is 327 g/mol. The lowest BCUT2D eigenvalue weighted by Gasteiger charge is -2.29. The summed E-state index contributed by atoms with van der Waals surface area (Å²) in [5.41, 5.74) is 0.612. The number of methoxy groups -OCH3 is 1. The maximum atomic E-state index is 12.5. The van der Waals surface area contributed by atoms with Crippen molar-refractivity contribution in [3.63, 3.8) is 0 Å². The highest BCUT2D eigenvalue weighted by molar-refractivity contribution is 7.92. The van der Waals surface area contributed by atoms with Gasteiger partial charge in [0.1, 0.15) is 11.0 Å². The fourth-order valence-corrected chi connectivity index (χ4v) is 3.66. The first-order chi connectivity index (χ1) is 10.4. The number of carbonyl (C=O) groups is 1. The highest BCUT2D eigenvalue weighted by Crippen LogP contribution is 2.18. The molecule has 0 radical (unpaired) electrons. The predicted octanol–water partition coefficient (Wildman–Crippen LogP) is 0.857. The molecule has 1 amide bonds. The Kier molecular flexibility index (Phi) is 5.42. The second-order valence-electron chi connectivity index (χ2n) is 5.24. The van der Waals surface area contributed by atoms with Gasteiger partial charge >= 0.3 is 0 Å². The summed E-state index contributed by atoms with van der Waals surface area (Å²) in [5, 5.41) is -1.06. The lowest BCUT2D eigenvalue weighted by Crippen LogP contribution is -2.47. The molecule has 122 valence electrons. The standard InChI is InChI=1S/C15H21NO5S/c1-12(15(17)16-6-8-21-9-7-16)22(18,19)11-13-4-3-5-14(10-13)20-2/h3-5,10,12H,6-9,11H2,1-2H3/t12-/m0/s1. The Bertz CT molecular complexity index is 623. The van der Waals surface area contributed by atoms with Crippen LogP contribution in [0.25, 0.3) is 0 Å². The lowest BCUT2D eigenvalue weighted by atomic mass is 10.2. The minimum atomic E-state index is -3.57. The third kappa shape index (κ3) is 3.98. The molecule has 1 aromatic rings. The first-order valence-corrected chi connectivity index (χ1v) is 8.86. The maximum absolute atomic E-state index is 12.5. The smallest absolute Gasteiger partial charge is 0.240 e. The van der Waals surface area contributed by atoms with E-state index in [1.165, 1.54) is 14.0 Å². The number of benzene rings is 1. The van der Waals surface area contributed by atoms with Crippen LogP contribution in [0.15, 0.2) is 24.3 Å². The first-order valence-electron chi connectivity index (χ1n) is 7.15. The number of hydrogen-bond acceptors (Lipinski definition) is 5. The van der Waals surface area contributed by atoms with Crippen LogP contribution in [-0.2, 0) is 25.1 Å². The van der Waals surface area contributed by atoms with E-state index in [1.807, 2.05) is 0 Å². The zero-order chi connectivity index (χ0) is 16.2. The molecule has 7 heteroatoms. The summed E-state index contributed by atoms with van der Waals surface area (Å²) in [7, 11) is -2.05. The fourth-order valence-electron chi connectivity index (χ4n) is 2.31. The van der Waals surface area contributed by atoms with Crippen molar-refractivity contribution in [2.24, 2.45) is 0 Å². The van der Waals surface area contributed by atoms with E-state index >= 15 is 0 Å². The van der Waals surface area contributed by atoms with Crippen molar-refractivity contribution < 1.29 is 22.7 Å². The Morgan fingerprint density at radius 1 is 1.36 bits per heavy atom. The summed E-state index contributed by atoms with van der Waals surface area (Å²) in [5.74, 6) is 0.0626. The van der Waals surface area contributed by atoms with E-state index in [0.717, 1.165) is 0 Å². The van der Waals surface area contributed by atoms with Crippen molar-refractivity contribution >= 4 is 15.7 Å². The van der Waals surface area contributed by atoms with Crippen LogP contribution < -0.4 is 4.74 Å². The summed E-state index contributed by atoms with van der Waals surface area (Å²) >= 11 is 0. The van der Waals surface area contributed by atoms with Gasteiger partial charge in [-0.25, -0.2) is 8.42 Å². The van der Waals surface area contributed by atoms with Crippen molar-refractivity contribution in [3.05, 3.63) is 29.8 Å². The van der Waals surface area contributed by atoms with Crippen LogP contribution in [0.2, 0.25) is 0 Å². The molecule has 22 heavy (non-hydrogen) atoms. The highest BCUT2D eigenvalue weighted by Gasteiger charge is 2.32. The first kappa shape index (κ1) is 16.8. The highest BCUT2D eigenvalue weighted by atomic mass is 32.2. The lowest BCUT2D eigenvalue weighted by molar-refractivity contribution is -0.134. The molecule has 0 saturated carbocycles. The monoisotopic (exact) mass is 327 g/mol. The third-order valence-corrected chi connectivity index (χ3v) is 5.73. The number of hydrogen-bond donors (Lipinski definition) is 0. The Hall–Kier alpha value is -1.60.